The van der Waals surface area contributed by atoms with Crippen LogP contribution in [0.4, 0.5) is 0 Å². The van der Waals surface area contributed by atoms with E-state index in [1.165, 1.54) is 7.11 Å². The lowest BCUT2D eigenvalue weighted by Crippen LogP contribution is -2.49. The van der Waals surface area contributed by atoms with E-state index in [2.05, 4.69) is 0 Å². The molecular formula is C8H16O6S. The van der Waals surface area contributed by atoms with E-state index in [0.717, 1.165) is 6.26 Å². The molecule has 4 atom stereocenters. The van der Waals surface area contributed by atoms with Gasteiger partial charge in [0.1, 0.15) is 6.10 Å². The smallest absolute Gasteiger partial charge is 0.264 e. The summed E-state index contributed by atoms with van der Waals surface area (Å²) >= 11 is 0. The maximum absolute atomic E-state index is 10.9. The fourth-order valence-corrected chi connectivity index (χ4v) is 2.20. The van der Waals surface area contributed by atoms with E-state index in [9.17, 15) is 13.5 Å². The Kier molecular flexibility index (Phi) is 4.07. The fourth-order valence-electron chi connectivity index (χ4n) is 1.51. The van der Waals surface area contributed by atoms with Gasteiger partial charge in [-0.15, -0.1) is 0 Å². The number of hydrogen-bond acceptors (Lipinski definition) is 6. The molecule has 90 valence electrons. The molecular weight excluding hydrogens is 224 g/mol. The number of methoxy groups -OCH3 is 1. The van der Waals surface area contributed by atoms with Gasteiger partial charge in [0, 0.05) is 13.5 Å². The highest BCUT2D eigenvalue weighted by Gasteiger charge is 2.38. The zero-order valence-electron chi connectivity index (χ0n) is 8.91. The molecule has 4 unspecified atom stereocenters. The molecule has 0 radical (unpaired) electrons. The lowest BCUT2D eigenvalue weighted by atomic mass is 10.0. The van der Waals surface area contributed by atoms with Gasteiger partial charge in [-0.3, -0.25) is 4.18 Å². The van der Waals surface area contributed by atoms with Crippen LogP contribution in [0.25, 0.3) is 0 Å². The number of rotatable bonds is 3. The molecule has 7 heteroatoms. The van der Waals surface area contributed by atoms with E-state index in [1.54, 1.807) is 6.92 Å². The molecule has 0 aliphatic carbocycles. The van der Waals surface area contributed by atoms with Crippen LogP contribution in [-0.4, -0.2) is 51.5 Å². The van der Waals surface area contributed by atoms with Crippen molar-refractivity contribution in [2.45, 2.75) is 37.9 Å². The average Bonchev–Trinajstić information content (AvgIpc) is 2.09. The quantitative estimate of drug-likeness (QED) is 0.668. The number of hydrogen-bond donors (Lipinski definition) is 1. The van der Waals surface area contributed by atoms with Crippen LogP contribution in [0.5, 0.6) is 0 Å². The van der Waals surface area contributed by atoms with E-state index in [1.807, 2.05) is 0 Å². The van der Waals surface area contributed by atoms with Crippen LogP contribution in [0, 0.1) is 0 Å². The van der Waals surface area contributed by atoms with Crippen LogP contribution >= 0.6 is 0 Å². The first-order valence-corrected chi connectivity index (χ1v) is 6.39. The van der Waals surface area contributed by atoms with E-state index in [-0.39, 0.29) is 6.42 Å². The molecule has 0 aromatic rings. The van der Waals surface area contributed by atoms with Gasteiger partial charge in [0.15, 0.2) is 6.29 Å². The highest BCUT2D eigenvalue weighted by atomic mass is 32.2. The Morgan fingerprint density at radius 2 is 2.07 bits per heavy atom. The second kappa shape index (κ2) is 4.75. The molecule has 15 heavy (non-hydrogen) atoms. The van der Waals surface area contributed by atoms with Gasteiger partial charge in [-0.05, 0) is 6.92 Å². The minimum absolute atomic E-state index is 0.195. The maximum Gasteiger partial charge on any atom is 0.264 e. The van der Waals surface area contributed by atoms with Crippen LogP contribution < -0.4 is 0 Å². The molecule has 1 fully saturated rings. The second-order valence-electron chi connectivity index (χ2n) is 3.57. The summed E-state index contributed by atoms with van der Waals surface area (Å²) in [5.41, 5.74) is 0. The summed E-state index contributed by atoms with van der Waals surface area (Å²) in [5.74, 6) is 0. The van der Waals surface area contributed by atoms with Crippen molar-refractivity contribution in [1.29, 1.82) is 0 Å². The molecule has 1 rings (SSSR count). The Hall–Kier alpha value is -0.210. The largest absolute Gasteiger partial charge is 0.390 e. The lowest BCUT2D eigenvalue weighted by Gasteiger charge is -2.36. The number of aliphatic hydroxyl groups is 1. The molecule has 0 aromatic carbocycles. The molecule has 0 spiro atoms. The van der Waals surface area contributed by atoms with Crippen molar-refractivity contribution in [3.05, 3.63) is 0 Å². The molecule has 6 nitrogen and oxygen atoms in total. The second-order valence-corrected chi connectivity index (χ2v) is 5.18. The van der Waals surface area contributed by atoms with Gasteiger partial charge < -0.3 is 14.6 Å². The van der Waals surface area contributed by atoms with Gasteiger partial charge in [0.25, 0.3) is 10.1 Å². The van der Waals surface area contributed by atoms with Crippen LogP contribution in [0.3, 0.4) is 0 Å². The average molecular weight is 240 g/mol. The fraction of sp³-hybridized carbons (Fsp3) is 1.00. The predicted octanol–water partition coefficient (Wildman–Crippen LogP) is -0.527. The molecule has 1 aliphatic rings. The summed E-state index contributed by atoms with van der Waals surface area (Å²) in [6, 6.07) is 0. The van der Waals surface area contributed by atoms with E-state index in [0.29, 0.717) is 0 Å². The number of aliphatic hydroxyl groups excluding tert-OH is 1. The molecule has 1 N–H and O–H groups in total. The first-order valence-electron chi connectivity index (χ1n) is 4.58. The SMILES string of the molecule is COC1CC(O)C(OS(C)(=O)=O)C(C)O1. The van der Waals surface area contributed by atoms with E-state index < -0.39 is 34.7 Å². The molecule has 0 bridgehead atoms. The third kappa shape index (κ3) is 3.69. The topological polar surface area (TPSA) is 82.1 Å². The molecule has 1 aliphatic heterocycles. The molecule has 0 saturated carbocycles. The number of ether oxygens (including phenoxy) is 2. The third-order valence-electron chi connectivity index (χ3n) is 2.19. The first kappa shape index (κ1) is 12.9. The van der Waals surface area contributed by atoms with Gasteiger partial charge in [0.05, 0.1) is 18.5 Å². The van der Waals surface area contributed by atoms with Crippen molar-refractivity contribution < 1.29 is 27.2 Å². The van der Waals surface area contributed by atoms with Crippen LogP contribution in [0.15, 0.2) is 0 Å². The van der Waals surface area contributed by atoms with Crippen molar-refractivity contribution >= 4 is 10.1 Å². The standard InChI is InChI=1S/C8H16O6S/c1-5-8(14-15(3,10)11)6(9)4-7(12-2)13-5/h5-9H,4H2,1-3H3. The van der Waals surface area contributed by atoms with Crippen molar-refractivity contribution in [2.24, 2.45) is 0 Å². The Morgan fingerprint density at radius 3 is 2.47 bits per heavy atom. The molecule has 0 aromatic heterocycles. The van der Waals surface area contributed by atoms with Crippen molar-refractivity contribution in [1.82, 2.24) is 0 Å². The summed E-state index contributed by atoms with van der Waals surface area (Å²) in [5, 5.41) is 9.65. The Labute approximate surface area is 89.3 Å². The first-order chi connectivity index (χ1) is 6.83. The summed E-state index contributed by atoms with van der Waals surface area (Å²) in [6.45, 7) is 1.63. The summed E-state index contributed by atoms with van der Waals surface area (Å²) in [7, 11) is -2.13. The third-order valence-corrected chi connectivity index (χ3v) is 2.76. The summed E-state index contributed by atoms with van der Waals surface area (Å²) in [4.78, 5) is 0. The van der Waals surface area contributed by atoms with Crippen molar-refractivity contribution in [3.8, 4) is 0 Å². The zero-order chi connectivity index (χ0) is 11.6. The molecule has 1 heterocycles. The normalized spacial score (nSPS) is 37.9. The van der Waals surface area contributed by atoms with Crippen LogP contribution in [-0.2, 0) is 23.8 Å². The zero-order valence-corrected chi connectivity index (χ0v) is 9.73. The Bertz CT molecular complexity index is 288. The highest BCUT2D eigenvalue weighted by Crippen LogP contribution is 2.23. The maximum atomic E-state index is 10.9. The molecule has 0 amide bonds. The van der Waals surface area contributed by atoms with Gasteiger partial charge in [0.2, 0.25) is 0 Å². The molecule has 1 saturated heterocycles. The monoisotopic (exact) mass is 240 g/mol. The summed E-state index contributed by atoms with van der Waals surface area (Å²) in [6.07, 6.45) is -1.70. The minimum atomic E-state index is -3.59. The van der Waals surface area contributed by atoms with Gasteiger partial charge >= 0.3 is 0 Å². The van der Waals surface area contributed by atoms with Gasteiger partial charge in [-0.1, -0.05) is 0 Å². The van der Waals surface area contributed by atoms with E-state index >= 15 is 0 Å². The minimum Gasteiger partial charge on any atom is -0.390 e. The Morgan fingerprint density at radius 1 is 1.47 bits per heavy atom. The van der Waals surface area contributed by atoms with Gasteiger partial charge in [-0.25, -0.2) is 0 Å². The Balaban J connectivity index is 2.66. The van der Waals surface area contributed by atoms with Crippen LogP contribution in [0.2, 0.25) is 0 Å². The highest BCUT2D eigenvalue weighted by molar-refractivity contribution is 7.86. The predicted molar refractivity (Wildman–Crippen MR) is 51.7 cm³/mol. The van der Waals surface area contributed by atoms with Crippen molar-refractivity contribution in [2.75, 3.05) is 13.4 Å². The van der Waals surface area contributed by atoms with E-state index in [4.69, 9.17) is 13.7 Å². The van der Waals surface area contributed by atoms with Crippen LogP contribution in [0.1, 0.15) is 13.3 Å². The van der Waals surface area contributed by atoms with Gasteiger partial charge in [-0.2, -0.15) is 8.42 Å². The summed E-state index contributed by atoms with van der Waals surface area (Å²) < 4.78 is 36.8. The lowest BCUT2D eigenvalue weighted by molar-refractivity contribution is -0.231. The van der Waals surface area contributed by atoms with Crippen molar-refractivity contribution in [3.63, 3.8) is 0 Å².